The van der Waals surface area contributed by atoms with Gasteiger partial charge in [0.05, 0.1) is 5.41 Å². The molecule has 0 saturated carbocycles. The Labute approximate surface area is 256 Å². The van der Waals surface area contributed by atoms with Gasteiger partial charge in [-0.15, -0.1) is 0 Å². The zero-order chi connectivity index (χ0) is 30.9. The summed E-state index contributed by atoms with van der Waals surface area (Å²) < 4.78 is 52.1. The Morgan fingerprint density at radius 2 is 1.44 bits per heavy atom. The van der Waals surface area contributed by atoms with Gasteiger partial charge in [0.1, 0.15) is 6.54 Å². The monoisotopic (exact) mass is 712 g/mol. The molecule has 0 aliphatic carbocycles. The maximum absolute atomic E-state index is 9.91. The summed E-state index contributed by atoms with van der Waals surface area (Å²) in [4.78, 5) is 2.53. The molecule has 43 heavy (non-hydrogen) atoms. The van der Waals surface area contributed by atoms with Gasteiger partial charge in [-0.05, 0) is 54.8 Å². The summed E-state index contributed by atoms with van der Waals surface area (Å²) in [5.74, 6) is 0. The van der Waals surface area contributed by atoms with Crippen molar-refractivity contribution >= 4 is 48.2 Å². The molecule has 0 bridgehead atoms. The molecule has 0 spiro atoms. The average Bonchev–Trinajstić information content (AvgIpc) is 3.25. The predicted molar refractivity (Wildman–Crippen MR) is 167 cm³/mol. The molecule has 2 aliphatic rings. The summed E-state index contributed by atoms with van der Waals surface area (Å²) in [6.45, 7) is 16.2. The van der Waals surface area contributed by atoms with E-state index in [4.69, 9.17) is 0 Å². The van der Waals surface area contributed by atoms with Gasteiger partial charge >= 0.3 is 34.4 Å². The van der Waals surface area contributed by atoms with Gasteiger partial charge in [0, 0.05) is 47.5 Å². The van der Waals surface area contributed by atoms with E-state index in [9.17, 15) is 14.1 Å². The number of hydrogen-bond donors (Lipinski definition) is 0. The van der Waals surface area contributed by atoms with Crippen LogP contribution in [-0.4, -0.2) is 43.7 Å². The molecular weight excluding hydrogens is 672 g/mol. The van der Waals surface area contributed by atoms with E-state index in [0.29, 0.717) is 0 Å². The Balaban J connectivity index is 0.000000658. The molecule has 234 valence electrons. The van der Waals surface area contributed by atoms with E-state index < -0.39 is 20.3 Å². The van der Waals surface area contributed by atoms with Crippen LogP contribution in [0.3, 0.4) is 0 Å². The molecule has 0 amide bonds. The Hall–Kier alpha value is -2.73. The van der Waals surface area contributed by atoms with E-state index in [0.717, 1.165) is 19.5 Å². The second kappa shape index (κ2) is 12.7. The third-order valence-corrected chi connectivity index (χ3v) is 8.24. The number of rotatable bonds is 7. The fourth-order valence-corrected chi connectivity index (χ4v) is 6.43. The molecule has 0 unspecified atom stereocenters. The van der Waals surface area contributed by atoms with Gasteiger partial charge in [0.15, 0.2) is 5.71 Å². The zero-order valence-corrected chi connectivity index (χ0v) is 28.2. The number of fused-ring (bicyclic) bond motifs is 4. The molecule has 0 radical (unpaired) electrons. The van der Waals surface area contributed by atoms with Crippen LogP contribution in [-0.2, 0) is 10.8 Å². The molecule has 3 aromatic rings. The van der Waals surface area contributed by atoms with E-state index in [-0.39, 0.29) is 15.5 Å². The van der Waals surface area contributed by atoms with E-state index in [1.165, 1.54) is 57.5 Å². The molecular formula is C34H41F6N2Sb. The van der Waals surface area contributed by atoms with Gasteiger partial charge in [-0.2, -0.15) is 4.58 Å². The molecule has 0 fully saturated rings. The molecule has 9 heteroatoms. The first-order chi connectivity index (χ1) is 19.6. The summed E-state index contributed by atoms with van der Waals surface area (Å²) in [6, 6.07) is 22.4. The predicted octanol–water partition coefficient (Wildman–Crippen LogP) is 7.39. The normalized spacial score (nSPS) is 18.6. The number of unbranched alkanes of at least 4 members (excludes halogenated alkanes) is 1. The third-order valence-electron chi connectivity index (χ3n) is 8.24. The van der Waals surface area contributed by atoms with Gasteiger partial charge in [0.2, 0.25) is 5.69 Å². The fraction of sp³-hybridized carbons (Fsp3) is 0.382. The first kappa shape index (κ1) is 34.8. The first-order valence-corrected chi connectivity index (χ1v) is 19.4. The fourth-order valence-electron chi connectivity index (χ4n) is 6.43. The van der Waals surface area contributed by atoms with Crippen molar-refractivity contribution in [3.8, 4) is 0 Å². The Bertz CT molecular complexity index is 1550. The number of allylic oxidation sites excluding steroid dienone is 4. The van der Waals surface area contributed by atoms with Crippen LogP contribution in [0.5, 0.6) is 0 Å². The number of benzene rings is 3. The minimum atomic E-state index is -9.19. The second-order valence-electron chi connectivity index (χ2n) is 12.0. The minimum absolute atomic E-state index is 0. The quantitative estimate of drug-likeness (QED) is 0.141. The van der Waals surface area contributed by atoms with Gasteiger partial charge < -0.3 is 9.60 Å². The standard InChI is InChI=1S/C34H41N2.6FH.Sb/c1-7-9-24-36-29-22-21-25-15-10-11-16-26(25)32(29)34(5,6)31(36)20-14-19-30-33(3,4)27-17-12-13-18-28(27)35(30)23-8-2;;;;;;;/h10-22H,7-9,23-24H2,1-6H3;6*1H;/q+1;;;;;;;+5/p-6. The van der Waals surface area contributed by atoms with E-state index in [2.05, 4.69) is 130 Å². The molecule has 0 atom stereocenters. The van der Waals surface area contributed by atoms with Crippen LogP contribution >= 0.6 is 0 Å². The molecule has 0 aromatic heterocycles. The van der Waals surface area contributed by atoms with Crippen molar-refractivity contribution in [2.75, 3.05) is 18.0 Å². The van der Waals surface area contributed by atoms with Crippen molar-refractivity contribution in [3.63, 3.8) is 0 Å². The van der Waals surface area contributed by atoms with E-state index >= 15 is 0 Å². The summed E-state index contributed by atoms with van der Waals surface area (Å²) in [5, 5.41) is 2.71. The van der Waals surface area contributed by atoms with Gasteiger partial charge in [-0.25, -0.2) is 0 Å². The van der Waals surface area contributed by atoms with Crippen LogP contribution in [0.15, 0.2) is 84.6 Å². The summed E-state index contributed by atoms with van der Waals surface area (Å²) in [7, 11) is 0. The summed E-state index contributed by atoms with van der Waals surface area (Å²) >= 11 is -9.19. The number of nitrogens with zero attached hydrogens (tertiary/aromatic N) is 2. The Kier molecular flexibility index (Phi) is 10.3. The molecule has 2 nitrogen and oxygen atoms in total. The maximum atomic E-state index is 9.91. The average molecular weight is 713 g/mol. The van der Waals surface area contributed by atoms with Crippen LogP contribution in [0.2, 0.25) is 0 Å². The van der Waals surface area contributed by atoms with E-state index in [1.807, 2.05) is 0 Å². The zero-order valence-electron chi connectivity index (χ0n) is 25.7. The van der Waals surface area contributed by atoms with Crippen molar-refractivity contribution in [2.45, 2.75) is 71.6 Å². The second-order valence-corrected chi connectivity index (χ2v) is 15.7. The van der Waals surface area contributed by atoms with Crippen molar-refractivity contribution in [1.82, 2.24) is 0 Å². The van der Waals surface area contributed by atoms with Crippen LogP contribution in [0, 0.1) is 0 Å². The SMILES string of the molecule is CCCC[N+]1=C(C=CC=C2N(CCC)c3ccccc3C2(C)C)C(C)(C)c2c1ccc1ccccc21.[F-].[F][Sb]([F])([F])([F])[F]. The van der Waals surface area contributed by atoms with Crippen LogP contribution in [0.25, 0.3) is 10.8 Å². The number of para-hydroxylation sites is 1. The molecule has 2 heterocycles. The van der Waals surface area contributed by atoms with Crippen molar-refractivity contribution in [3.05, 3.63) is 95.7 Å². The molecule has 5 rings (SSSR count). The summed E-state index contributed by atoms with van der Waals surface area (Å²) in [6.07, 6.45) is 10.6. The number of anilines is 1. The number of halogens is 6. The van der Waals surface area contributed by atoms with Gasteiger partial charge in [-0.1, -0.05) is 82.7 Å². The van der Waals surface area contributed by atoms with Crippen LogP contribution in [0.1, 0.15) is 71.9 Å². The van der Waals surface area contributed by atoms with Crippen molar-refractivity contribution < 1.29 is 23.3 Å². The van der Waals surface area contributed by atoms with Gasteiger partial charge in [0.25, 0.3) is 0 Å². The first-order valence-electron chi connectivity index (χ1n) is 14.6. The van der Waals surface area contributed by atoms with E-state index in [1.54, 1.807) is 0 Å². The van der Waals surface area contributed by atoms with Crippen LogP contribution in [0.4, 0.5) is 25.4 Å². The molecule has 2 aliphatic heterocycles. The topological polar surface area (TPSA) is 6.25 Å². The Morgan fingerprint density at radius 3 is 2.09 bits per heavy atom. The van der Waals surface area contributed by atoms with Crippen LogP contribution < -0.4 is 9.60 Å². The molecule has 3 aromatic carbocycles. The van der Waals surface area contributed by atoms with Crippen molar-refractivity contribution in [1.29, 1.82) is 0 Å². The molecule has 0 saturated heterocycles. The summed E-state index contributed by atoms with van der Waals surface area (Å²) in [5.41, 5.74) is 8.35. The van der Waals surface area contributed by atoms with Gasteiger partial charge in [-0.3, -0.25) is 0 Å². The molecule has 0 N–H and O–H groups in total. The number of hydrogen-bond acceptors (Lipinski definition) is 1. The Morgan fingerprint density at radius 1 is 0.814 bits per heavy atom. The third kappa shape index (κ3) is 7.50. The van der Waals surface area contributed by atoms with Crippen molar-refractivity contribution in [2.24, 2.45) is 0 Å².